The van der Waals surface area contributed by atoms with Crippen LogP contribution in [0.15, 0.2) is 18.2 Å². The second-order valence-corrected chi connectivity index (χ2v) is 10.1. The maximum atomic E-state index is 12.6. The van der Waals surface area contributed by atoms with Crippen LogP contribution >= 0.6 is 11.8 Å². The summed E-state index contributed by atoms with van der Waals surface area (Å²) >= 11 is 1.93. The first-order chi connectivity index (χ1) is 15.1. The number of H-pyrrole nitrogens is 1. The number of methoxy groups -OCH3 is 1. The number of urea groups is 1. The zero-order valence-corrected chi connectivity index (χ0v) is 18.6. The highest BCUT2D eigenvalue weighted by atomic mass is 32.2. The number of hydrogen-bond acceptors (Lipinski definition) is 4. The summed E-state index contributed by atoms with van der Waals surface area (Å²) in [5.41, 5.74) is 3.57. The van der Waals surface area contributed by atoms with Gasteiger partial charge in [-0.1, -0.05) is 6.42 Å². The molecule has 2 fully saturated rings. The molecule has 4 N–H and O–H groups in total. The number of aryl methyl sites for hydroxylation is 1. The third kappa shape index (κ3) is 4.10. The van der Waals surface area contributed by atoms with Crippen LogP contribution in [0.5, 0.6) is 5.75 Å². The Bertz CT molecular complexity index is 991. The number of amides is 3. The molecule has 2 saturated heterocycles. The topological polar surface area (TPSA) is 95.2 Å². The van der Waals surface area contributed by atoms with Crippen molar-refractivity contribution < 1.29 is 14.3 Å². The van der Waals surface area contributed by atoms with Gasteiger partial charge in [-0.2, -0.15) is 11.8 Å². The Kier molecular flexibility index (Phi) is 5.73. The summed E-state index contributed by atoms with van der Waals surface area (Å²) in [5.74, 6) is 1.97. The highest BCUT2D eigenvalue weighted by Crippen LogP contribution is 2.36. The quantitative estimate of drug-likeness (QED) is 0.390. The molecule has 4 atom stereocenters. The van der Waals surface area contributed by atoms with Crippen molar-refractivity contribution in [3.8, 4) is 5.75 Å². The Morgan fingerprint density at radius 3 is 3.06 bits per heavy atom. The number of carbonyl (C=O) groups excluding carboxylic acids is 2. The van der Waals surface area contributed by atoms with E-state index >= 15 is 0 Å². The summed E-state index contributed by atoms with van der Waals surface area (Å²) in [6, 6.07) is 6.63. The van der Waals surface area contributed by atoms with Gasteiger partial charge in [0.2, 0.25) is 5.91 Å². The molecule has 3 aliphatic rings. The molecule has 0 radical (unpaired) electrons. The van der Waals surface area contributed by atoms with Crippen molar-refractivity contribution in [2.45, 2.75) is 68.3 Å². The predicted octanol–water partition coefficient (Wildman–Crippen LogP) is 3.40. The molecule has 2 aromatic rings. The molecule has 0 bridgehead atoms. The number of aromatic nitrogens is 1. The normalized spacial score (nSPS) is 26.8. The van der Waals surface area contributed by atoms with E-state index in [4.69, 9.17) is 4.74 Å². The van der Waals surface area contributed by atoms with Gasteiger partial charge in [-0.15, -0.1) is 0 Å². The van der Waals surface area contributed by atoms with E-state index in [0.717, 1.165) is 61.2 Å². The van der Waals surface area contributed by atoms with E-state index in [1.54, 1.807) is 7.11 Å². The molecule has 0 unspecified atom stereocenters. The third-order valence-electron chi connectivity index (χ3n) is 6.83. The van der Waals surface area contributed by atoms with Crippen LogP contribution in [0.25, 0.3) is 10.9 Å². The molecule has 7 nitrogen and oxygen atoms in total. The number of ether oxygens (including phenoxy) is 1. The summed E-state index contributed by atoms with van der Waals surface area (Å²) < 4.78 is 5.38. The number of fused-ring (bicyclic) bond motifs is 4. The standard InChI is InChI=1S/C23H30N4O3S/c1-30-13-9-10-16-15(11-13)14-5-4-6-17(21(14)25-16)24-20(28)8-3-2-7-19-22-18(12-31-19)26-23(29)27-22/h9-11,17-19,22,25H,2-8,12H2,1H3,(H,24,28)(H2,26,27,29)/t17-,18+,19+,22+/m1/s1. The zero-order valence-electron chi connectivity index (χ0n) is 17.8. The maximum absolute atomic E-state index is 12.6. The number of thioether (sulfide) groups is 1. The predicted molar refractivity (Wildman–Crippen MR) is 123 cm³/mol. The van der Waals surface area contributed by atoms with Crippen LogP contribution in [0.1, 0.15) is 55.8 Å². The largest absolute Gasteiger partial charge is 0.497 e. The van der Waals surface area contributed by atoms with Gasteiger partial charge in [0.15, 0.2) is 0 Å². The van der Waals surface area contributed by atoms with Crippen molar-refractivity contribution in [3.63, 3.8) is 0 Å². The summed E-state index contributed by atoms with van der Waals surface area (Å²) in [6.45, 7) is 0. The van der Waals surface area contributed by atoms with E-state index in [1.807, 2.05) is 17.8 Å². The Labute approximate surface area is 186 Å². The van der Waals surface area contributed by atoms with Gasteiger partial charge in [0.05, 0.1) is 25.2 Å². The molecule has 31 heavy (non-hydrogen) atoms. The molecule has 5 rings (SSSR count). The number of benzene rings is 1. The van der Waals surface area contributed by atoms with E-state index in [9.17, 15) is 9.59 Å². The smallest absolute Gasteiger partial charge is 0.315 e. The first-order valence-electron chi connectivity index (χ1n) is 11.3. The second kappa shape index (κ2) is 8.65. The van der Waals surface area contributed by atoms with E-state index < -0.39 is 0 Å². The van der Waals surface area contributed by atoms with Crippen LogP contribution in [0.2, 0.25) is 0 Å². The molecule has 1 aromatic heterocycles. The molecule has 8 heteroatoms. The fraction of sp³-hybridized carbons (Fsp3) is 0.565. The van der Waals surface area contributed by atoms with Gasteiger partial charge in [0.1, 0.15) is 5.75 Å². The molecule has 0 saturated carbocycles. The minimum Gasteiger partial charge on any atom is -0.497 e. The van der Waals surface area contributed by atoms with Crippen molar-refractivity contribution in [1.82, 2.24) is 20.9 Å². The van der Waals surface area contributed by atoms with E-state index in [2.05, 4.69) is 33.1 Å². The van der Waals surface area contributed by atoms with E-state index in [1.165, 1.54) is 10.9 Å². The first-order valence-corrected chi connectivity index (χ1v) is 12.3. The minimum atomic E-state index is -0.0399. The van der Waals surface area contributed by atoms with Crippen molar-refractivity contribution >= 4 is 34.6 Å². The van der Waals surface area contributed by atoms with Crippen LogP contribution in [-0.2, 0) is 11.2 Å². The summed E-state index contributed by atoms with van der Waals surface area (Å²) in [7, 11) is 1.69. The molecule has 166 valence electrons. The fourth-order valence-electron chi connectivity index (χ4n) is 5.25. The Morgan fingerprint density at radius 2 is 2.19 bits per heavy atom. The van der Waals surface area contributed by atoms with Gasteiger partial charge in [-0.05, 0) is 55.9 Å². The average molecular weight is 443 g/mol. The number of hydrogen-bond donors (Lipinski definition) is 4. The first kappa shape index (κ1) is 20.5. The van der Waals surface area contributed by atoms with Gasteiger partial charge >= 0.3 is 6.03 Å². The van der Waals surface area contributed by atoms with Gasteiger partial charge in [0, 0.05) is 34.0 Å². The Balaban J connectivity index is 1.13. The highest BCUT2D eigenvalue weighted by Gasteiger charge is 2.42. The van der Waals surface area contributed by atoms with Crippen LogP contribution in [-0.4, -0.2) is 47.1 Å². The van der Waals surface area contributed by atoms with Gasteiger partial charge in [0.25, 0.3) is 0 Å². The van der Waals surface area contributed by atoms with Crippen LogP contribution < -0.4 is 20.7 Å². The molecule has 2 aliphatic heterocycles. The second-order valence-electron chi connectivity index (χ2n) is 8.81. The molecule has 3 amide bonds. The maximum Gasteiger partial charge on any atom is 0.315 e. The Morgan fingerprint density at radius 1 is 1.29 bits per heavy atom. The lowest BCUT2D eigenvalue weighted by molar-refractivity contribution is -0.122. The number of nitrogens with one attached hydrogen (secondary N) is 4. The lowest BCUT2D eigenvalue weighted by atomic mass is 9.91. The van der Waals surface area contributed by atoms with E-state index in [0.29, 0.717) is 11.7 Å². The molecule has 1 aromatic carbocycles. The van der Waals surface area contributed by atoms with Crippen molar-refractivity contribution in [3.05, 3.63) is 29.5 Å². The molecule has 3 heterocycles. The number of unbranched alkanes of at least 4 members (excludes halogenated alkanes) is 1. The third-order valence-corrected chi connectivity index (χ3v) is 8.34. The molecular weight excluding hydrogens is 412 g/mol. The number of rotatable bonds is 7. The van der Waals surface area contributed by atoms with Crippen molar-refractivity contribution in [1.29, 1.82) is 0 Å². The molecule has 0 spiro atoms. The Hall–Kier alpha value is -2.35. The summed E-state index contributed by atoms with van der Waals surface area (Å²) in [5, 5.41) is 10.9. The molecular formula is C23H30N4O3S. The number of carbonyl (C=O) groups is 2. The lowest BCUT2D eigenvalue weighted by Crippen LogP contribution is -2.36. The van der Waals surface area contributed by atoms with E-state index in [-0.39, 0.29) is 30.1 Å². The van der Waals surface area contributed by atoms with Gasteiger partial charge in [-0.3, -0.25) is 4.79 Å². The number of aromatic amines is 1. The lowest BCUT2D eigenvalue weighted by Gasteiger charge is -2.24. The van der Waals surface area contributed by atoms with Crippen molar-refractivity contribution in [2.24, 2.45) is 0 Å². The SMILES string of the molecule is COc1ccc2[nH]c3c(c2c1)CCC[C@H]3NC(=O)CCCC[C@@H]1SC[C@@H]2NC(=O)N[C@@H]21. The highest BCUT2D eigenvalue weighted by molar-refractivity contribution is 8.00. The van der Waals surface area contributed by atoms with Crippen molar-refractivity contribution in [2.75, 3.05) is 12.9 Å². The van der Waals surface area contributed by atoms with Gasteiger partial charge < -0.3 is 25.7 Å². The fourth-order valence-corrected chi connectivity index (χ4v) is 6.80. The van der Waals surface area contributed by atoms with Crippen LogP contribution in [0.3, 0.4) is 0 Å². The van der Waals surface area contributed by atoms with Gasteiger partial charge in [-0.25, -0.2) is 4.79 Å². The minimum absolute atomic E-state index is 0.0399. The zero-order chi connectivity index (χ0) is 21.4. The van der Waals surface area contributed by atoms with Crippen LogP contribution in [0, 0.1) is 0 Å². The molecule has 1 aliphatic carbocycles. The summed E-state index contributed by atoms with van der Waals surface area (Å²) in [4.78, 5) is 27.7. The summed E-state index contributed by atoms with van der Waals surface area (Å²) in [6.07, 6.45) is 6.55. The van der Waals surface area contributed by atoms with Crippen LogP contribution in [0.4, 0.5) is 4.79 Å². The average Bonchev–Trinajstić information content (AvgIpc) is 3.43. The monoisotopic (exact) mass is 442 g/mol.